The second-order valence-corrected chi connectivity index (χ2v) is 7.52. The maximum Gasteiger partial charge on any atom is 0.396 e. The van der Waals surface area contributed by atoms with E-state index < -0.39 is 11.9 Å². The van der Waals surface area contributed by atoms with Gasteiger partial charge >= 0.3 is 11.9 Å². The second kappa shape index (κ2) is 9.72. The fraction of sp³-hybridized carbons (Fsp3) is 0.611. The third-order valence-corrected chi connectivity index (χ3v) is 5.42. The lowest BCUT2D eigenvalue weighted by molar-refractivity contribution is -0.154. The van der Waals surface area contributed by atoms with E-state index in [0.29, 0.717) is 6.54 Å². The van der Waals surface area contributed by atoms with Crippen LogP contribution in [0.15, 0.2) is 11.4 Å². The summed E-state index contributed by atoms with van der Waals surface area (Å²) < 4.78 is 6.43. The predicted octanol–water partition coefficient (Wildman–Crippen LogP) is 1.61. The third kappa shape index (κ3) is 4.73. The number of carbonyl (C=O) groups is 2. The number of esters is 1. The summed E-state index contributed by atoms with van der Waals surface area (Å²) in [5.41, 5.74) is 0.751. The van der Waals surface area contributed by atoms with Crippen LogP contribution in [0.2, 0.25) is 0 Å². The molecule has 0 saturated carbocycles. The van der Waals surface area contributed by atoms with E-state index in [9.17, 15) is 9.59 Å². The van der Waals surface area contributed by atoms with Crippen LogP contribution in [0.3, 0.4) is 0 Å². The van der Waals surface area contributed by atoms with E-state index in [0.717, 1.165) is 60.1 Å². The van der Waals surface area contributed by atoms with Gasteiger partial charge < -0.3 is 15.0 Å². The lowest BCUT2D eigenvalue weighted by Gasteiger charge is -2.18. The van der Waals surface area contributed by atoms with Gasteiger partial charge in [0.2, 0.25) is 0 Å². The van der Waals surface area contributed by atoms with E-state index in [1.165, 1.54) is 0 Å². The lowest BCUT2D eigenvalue weighted by atomic mass is 10.3. The van der Waals surface area contributed by atoms with Crippen LogP contribution >= 0.6 is 11.8 Å². The first-order chi connectivity index (χ1) is 13.6. The molecule has 1 aliphatic rings. The van der Waals surface area contributed by atoms with Gasteiger partial charge in [0, 0.05) is 25.4 Å². The number of rotatable bonds is 8. The highest BCUT2D eigenvalue weighted by molar-refractivity contribution is 7.99. The standard InChI is InChI=1S/C18H26N6O3S/c1-3-11-28-18-21-14(23-8-5-6-9-23)13-12-20-24(15(13)22-18)10-7-19-16(25)17(26)27-4-2/h12H,3-11H2,1-2H3,(H,19,25). The molecule has 1 N–H and O–H groups in total. The predicted molar refractivity (Wildman–Crippen MR) is 107 cm³/mol. The fourth-order valence-electron chi connectivity index (χ4n) is 3.06. The van der Waals surface area contributed by atoms with Crippen molar-refractivity contribution in [3.05, 3.63) is 6.20 Å². The molecule has 0 aromatic carbocycles. The van der Waals surface area contributed by atoms with Crippen molar-refractivity contribution in [2.45, 2.75) is 44.8 Å². The Morgan fingerprint density at radius 3 is 2.75 bits per heavy atom. The molecule has 0 spiro atoms. The molecular formula is C18H26N6O3S. The maximum absolute atomic E-state index is 11.7. The molecule has 28 heavy (non-hydrogen) atoms. The summed E-state index contributed by atoms with van der Waals surface area (Å²) in [7, 11) is 0. The zero-order valence-electron chi connectivity index (χ0n) is 16.3. The summed E-state index contributed by atoms with van der Waals surface area (Å²) >= 11 is 1.64. The van der Waals surface area contributed by atoms with Crippen LogP contribution < -0.4 is 10.2 Å². The third-order valence-electron chi connectivity index (χ3n) is 4.37. The number of nitrogens with zero attached hydrogens (tertiary/aromatic N) is 5. The van der Waals surface area contributed by atoms with Gasteiger partial charge in [0.25, 0.3) is 0 Å². The Bertz CT molecular complexity index is 834. The number of hydrogen-bond donors (Lipinski definition) is 1. The maximum atomic E-state index is 11.7. The van der Waals surface area contributed by atoms with Crippen LogP contribution in [0, 0.1) is 0 Å². The molecule has 2 aromatic rings. The molecule has 9 nitrogen and oxygen atoms in total. The highest BCUT2D eigenvalue weighted by Gasteiger charge is 2.21. The summed E-state index contributed by atoms with van der Waals surface area (Å²) in [6.07, 6.45) is 5.16. The molecule has 152 valence electrons. The number of fused-ring (bicyclic) bond motifs is 1. The van der Waals surface area contributed by atoms with Crippen LogP contribution in [-0.4, -0.2) is 63.6 Å². The first-order valence-corrected chi connectivity index (χ1v) is 10.7. The van der Waals surface area contributed by atoms with Gasteiger partial charge in [0.1, 0.15) is 5.82 Å². The highest BCUT2D eigenvalue weighted by atomic mass is 32.2. The quantitative estimate of drug-likeness (QED) is 0.305. The molecule has 0 atom stereocenters. The van der Waals surface area contributed by atoms with E-state index in [1.807, 2.05) is 0 Å². The number of aromatic nitrogens is 4. The SMILES string of the molecule is CCCSc1nc(N2CCCC2)c2cnn(CCNC(=O)C(=O)OCC)c2n1. The summed E-state index contributed by atoms with van der Waals surface area (Å²) in [5.74, 6) is 0.270. The number of thioether (sulfide) groups is 1. The van der Waals surface area contributed by atoms with Crippen molar-refractivity contribution in [1.82, 2.24) is 25.1 Å². The van der Waals surface area contributed by atoms with E-state index in [2.05, 4.69) is 32.0 Å². The minimum Gasteiger partial charge on any atom is -0.459 e. The van der Waals surface area contributed by atoms with Gasteiger partial charge in [-0.2, -0.15) is 5.10 Å². The van der Waals surface area contributed by atoms with Crippen molar-refractivity contribution >= 4 is 40.5 Å². The Morgan fingerprint density at radius 1 is 1.25 bits per heavy atom. The first kappa shape index (κ1) is 20.4. The van der Waals surface area contributed by atoms with Crippen LogP contribution in [0.4, 0.5) is 5.82 Å². The molecule has 2 aromatic heterocycles. The zero-order valence-corrected chi connectivity index (χ0v) is 17.1. The van der Waals surface area contributed by atoms with Crippen molar-refractivity contribution in [3.63, 3.8) is 0 Å². The van der Waals surface area contributed by atoms with Gasteiger partial charge in [-0.25, -0.2) is 19.4 Å². The minimum absolute atomic E-state index is 0.171. The normalized spacial score (nSPS) is 13.9. The molecular weight excluding hydrogens is 380 g/mol. The molecule has 3 heterocycles. The van der Waals surface area contributed by atoms with E-state index >= 15 is 0 Å². The minimum atomic E-state index is -0.871. The number of hydrogen-bond acceptors (Lipinski definition) is 8. The Hall–Kier alpha value is -2.36. The fourth-order valence-corrected chi connectivity index (χ4v) is 3.75. The van der Waals surface area contributed by atoms with Gasteiger partial charge in [-0.05, 0) is 26.2 Å². The number of ether oxygens (including phenoxy) is 1. The van der Waals surface area contributed by atoms with E-state index in [1.54, 1.807) is 29.6 Å². The molecule has 1 aliphatic heterocycles. The van der Waals surface area contributed by atoms with E-state index in [4.69, 9.17) is 4.98 Å². The monoisotopic (exact) mass is 406 g/mol. The summed E-state index contributed by atoms with van der Waals surface area (Å²) in [6, 6.07) is 0. The second-order valence-electron chi connectivity index (χ2n) is 6.45. The van der Waals surface area contributed by atoms with Gasteiger partial charge in [-0.1, -0.05) is 18.7 Å². The summed E-state index contributed by atoms with van der Waals surface area (Å²) in [6.45, 7) is 6.61. The molecule has 1 amide bonds. The Labute approximate surface area is 168 Å². The van der Waals surface area contributed by atoms with Crippen LogP contribution in [-0.2, 0) is 20.9 Å². The molecule has 0 aliphatic carbocycles. The zero-order chi connectivity index (χ0) is 19.9. The van der Waals surface area contributed by atoms with Crippen molar-refractivity contribution < 1.29 is 14.3 Å². The smallest absolute Gasteiger partial charge is 0.396 e. The van der Waals surface area contributed by atoms with Crippen LogP contribution in [0.25, 0.3) is 11.0 Å². The van der Waals surface area contributed by atoms with Crippen LogP contribution in [0.1, 0.15) is 33.1 Å². The Kier molecular flexibility index (Phi) is 7.07. The number of anilines is 1. The van der Waals surface area contributed by atoms with Crippen molar-refractivity contribution in [1.29, 1.82) is 0 Å². The number of carbonyl (C=O) groups excluding carboxylic acids is 2. The highest BCUT2D eigenvalue weighted by Crippen LogP contribution is 2.29. The Balaban J connectivity index is 1.78. The van der Waals surface area contributed by atoms with Crippen molar-refractivity contribution in [2.24, 2.45) is 0 Å². The average Bonchev–Trinajstić information content (AvgIpc) is 3.36. The van der Waals surface area contributed by atoms with E-state index in [-0.39, 0.29) is 13.2 Å². The first-order valence-electron chi connectivity index (χ1n) is 9.70. The van der Waals surface area contributed by atoms with Gasteiger partial charge in [0.05, 0.1) is 24.7 Å². The molecule has 0 bridgehead atoms. The topological polar surface area (TPSA) is 102 Å². The molecule has 0 unspecified atom stereocenters. The molecule has 0 radical (unpaired) electrons. The summed E-state index contributed by atoms with van der Waals surface area (Å²) in [5, 5.41) is 8.65. The number of amides is 1. The largest absolute Gasteiger partial charge is 0.459 e. The van der Waals surface area contributed by atoms with Gasteiger partial charge in [-0.15, -0.1) is 0 Å². The van der Waals surface area contributed by atoms with Crippen molar-refractivity contribution in [2.75, 3.05) is 36.9 Å². The lowest BCUT2D eigenvalue weighted by Crippen LogP contribution is -2.34. The Morgan fingerprint density at radius 2 is 2.04 bits per heavy atom. The van der Waals surface area contributed by atoms with Gasteiger partial charge in [0.15, 0.2) is 10.8 Å². The number of nitrogens with one attached hydrogen (secondary N) is 1. The van der Waals surface area contributed by atoms with Crippen LogP contribution in [0.5, 0.6) is 0 Å². The molecule has 1 saturated heterocycles. The molecule has 10 heteroatoms. The van der Waals surface area contributed by atoms with Crippen molar-refractivity contribution in [3.8, 4) is 0 Å². The van der Waals surface area contributed by atoms with Gasteiger partial charge in [-0.3, -0.25) is 4.79 Å². The molecule has 1 fully saturated rings. The molecule has 3 rings (SSSR count). The summed E-state index contributed by atoms with van der Waals surface area (Å²) in [4.78, 5) is 34.8. The average molecular weight is 407 g/mol.